The second-order valence-corrected chi connectivity index (χ2v) is 11.3. The van der Waals surface area contributed by atoms with Crippen LogP contribution in [0.2, 0.25) is 0 Å². The van der Waals surface area contributed by atoms with Gasteiger partial charge in [-0.2, -0.15) is 0 Å². The van der Waals surface area contributed by atoms with E-state index in [-0.39, 0.29) is 42.8 Å². The van der Waals surface area contributed by atoms with Crippen molar-refractivity contribution < 1.29 is 48.0 Å². The number of ether oxygens (including phenoxy) is 5. The van der Waals surface area contributed by atoms with Crippen molar-refractivity contribution in [2.24, 2.45) is 5.92 Å². The number of nitrogens with one attached hydrogen (secondary N) is 1. The average molecular weight is 568 g/mol. The molecule has 0 spiro atoms. The quantitative estimate of drug-likeness (QED) is 0.154. The van der Waals surface area contributed by atoms with Crippen LogP contribution in [0.25, 0.3) is 0 Å². The van der Waals surface area contributed by atoms with Crippen molar-refractivity contribution in [3.8, 4) is 11.5 Å². The Kier molecular flexibility index (Phi) is 13.4. The van der Waals surface area contributed by atoms with Crippen LogP contribution in [0.5, 0.6) is 11.5 Å². The molecule has 0 aliphatic heterocycles. The van der Waals surface area contributed by atoms with E-state index in [0.29, 0.717) is 18.4 Å². The van der Waals surface area contributed by atoms with Gasteiger partial charge in [0.1, 0.15) is 23.3 Å². The van der Waals surface area contributed by atoms with E-state index in [0.717, 1.165) is 0 Å². The Morgan fingerprint density at radius 3 is 1.88 bits per heavy atom. The minimum atomic E-state index is -1.13. The summed E-state index contributed by atoms with van der Waals surface area (Å²) in [7, 11) is 0. The van der Waals surface area contributed by atoms with Crippen LogP contribution < -0.4 is 14.8 Å². The molecule has 0 aliphatic carbocycles. The normalized spacial score (nSPS) is 13.2. The highest BCUT2D eigenvalue weighted by molar-refractivity contribution is 5.74. The number of benzene rings is 1. The molecule has 0 saturated carbocycles. The Hall–Kier alpha value is -3.34. The van der Waals surface area contributed by atoms with E-state index in [2.05, 4.69) is 5.32 Å². The van der Waals surface area contributed by atoms with Gasteiger partial charge in [-0.25, -0.2) is 9.59 Å². The number of rotatable bonds is 15. The fourth-order valence-corrected chi connectivity index (χ4v) is 3.10. The fourth-order valence-electron chi connectivity index (χ4n) is 3.10. The Morgan fingerprint density at radius 2 is 1.40 bits per heavy atom. The third-order valence-corrected chi connectivity index (χ3v) is 6.11. The lowest BCUT2D eigenvalue weighted by Crippen LogP contribution is -2.42. The summed E-state index contributed by atoms with van der Waals surface area (Å²) in [5.41, 5.74) is -1.10. The minimum Gasteiger partial charge on any atom is -0.480 e. The number of carbonyl (C=O) groups excluding carboxylic acids is 3. The fraction of sp³-hybridized carbons (Fsp3) is 0.655. The SMILES string of the molecule is CCC(C)(C)OC(=O)Oc1ccc(C[C@H](NCC(C)OC(=O)CC(C)C)C(=O)O)cc1OC(=O)OC(C)(C)CC. The molecule has 226 valence electrons. The lowest BCUT2D eigenvalue weighted by molar-refractivity contribution is -0.149. The highest BCUT2D eigenvalue weighted by Crippen LogP contribution is 2.31. The van der Waals surface area contributed by atoms with Crippen LogP contribution >= 0.6 is 0 Å². The lowest BCUT2D eigenvalue weighted by atomic mass is 10.0. The van der Waals surface area contributed by atoms with E-state index < -0.39 is 41.6 Å². The lowest BCUT2D eigenvalue weighted by Gasteiger charge is -2.24. The van der Waals surface area contributed by atoms with Crippen LogP contribution in [0.1, 0.15) is 87.1 Å². The molecular formula is C29H45NO10. The van der Waals surface area contributed by atoms with Crippen molar-refractivity contribution in [2.75, 3.05) is 6.54 Å². The molecule has 11 heteroatoms. The largest absolute Gasteiger partial charge is 0.514 e. The molecule has 0 bridgehead atoms. The summed E-state index contributed by atoms with van der Waals surface area (Å²) >= 11 is 0. The molecule has 0 aliphatic rings. The molecule has 40 heavy (non-hydrogen) atoms. The Morgan fingerprint density at radius 1 is 0.875 bits per heavy atom. The van der Waals surface area contributed by atoms with Gasteiger partial charge in [0.2, 0.25) is 0 Å². The van der Waals surface area contributed by atoms with E-state index in [9.17, 15) is 24.3 Å². The van der Waals surface area contributed by atoms with Gasteiger partial charge in [-0.15, -0.1) is 0 Å². The predicted octanol–water partition coefficient (Wildman–Crippen LogP) is 5.66. The minimum absolute atomic E-state index is 0.0125. The van der Waals surface area contributed by atoms with Crippen molar-refractivity contribution >= 4 is 24.2 Å². The summed E-state index contributed by atoms with van der Waals surface area (Å²) in [6.45, 7) is 16.2. The van der Waals surface area contributed by atoms with Crippen molar-refractivity contribution in [1.82, 2.24) is 5.32 Å². The molecule has 1 unspecified atom stereocenters. The number of carboxylic acid groups (broad SMARTS) is 1. The maximum atomic E-state index is 12.5. The molecular weight excluding hydrogens is 522 g/mol. The van der Waals surface area contributed by atoms with Gasteiger partial charge >= 0.3 is 24.2 Å². The van der Waals surface area contributed by atoms with Crippen LogP contribution in [0.3, 0.4) is 0 Å². The first kappa shape index (κ1) is 34.7. The van der Waals surface area contributed by atoms with Gasteiger partial charge in [0.15, 0.2) is 11.5 Å². The standard InChI is InChI=1S/C29H45NO10/c1-10-28(6,7)39-26(34)37-22-13-12-20(16-23(22)38-27(35)40-29(8,9)11-2)15-21(25(32)33)30-17-19(5)36-24(31)14-18(3)4/h12-13,16,18-19,21,30H,10-11,14-15,17H2,1-9H3,(H,32,33)/t19?,21-/m0/s1. The van der Waals surface area contributed by atoms with Gasteiger partial charge in [-0.05, 0) is 77.5 Å². The molecule has 0 heterocycles. The van der Waals surface area contributed by atoms with E-state index in [4.69, 9.17) is 23.7 Å². The summed E-state index contributed by atoms with van der Waals surface area (Å²) in [4.78, 5) is 48.8. The van der Waals surface area contributed by atoms with Crippen LogP contribution in [0, 0.1) is 5.92 Å². The van der Waals surface area contributed by atoms with Crippen molar-refractivity contribution in [1.29, 1.82) is 0 Å². The highest BCUT2D eigenvalue weighted by atomic mass is 16.8. The molecule has 0 saturated heterocycles. The van der Waals surface area contributed by atoms with Crippen molar-refractivity contribution in [3.63, 3.8) is 0 Å². The first-order valence-electron chi connectivity index (χ1n) is 13.6. The number of hydrogen-bond acceptors (Lipinski definition) is 10. The number of aliphatic carboxylic acids is 1. The Labute approximate surface area is 236 Å². The zero-order valence-electron chi connectivity index (χ0n) is 25.1. The summed E-state index contributed by atoms with van der Waals surface area (Å²) in [5, 5.41) is 12.7. The summed E-state index contributed by atoms with van der Waals surface area (Å²) in [5.74, 6) is -1.57. The van der Waals surface area contributed by atoms with Crippen LogP contribution in [-0.2, 0) is 30.2 Å². The topological polar surface area (TPSA) is 147 Å². The van der Waals surface area contributed by atoms with Gasteiger partial charge in [0.25, 0.3) is 0 Å². The molecule has 0 amide bonds. The van der Waals surface area contributed by atoms with E-state index >= 15 is 0 Å². The van der Waals surface area contributed by atoms with Crippen LogP contribution in [-0.4, -0.2) is 59.2 Å². The maximum Gasteiger partial charge on any atom is 0.514 e. The van der Waals surface area contributed by atoms with Crippen LogP contribution in [0.4, 0.5) is 9.59 Å². The third kappa shape index (κ3) is 13.1. The molecule has 0 radical (unpaired) electrons. The number of hydrogen-bond donors (Lipinski definition) is 2. The number of carboxylic acids is 1. The van der Waals surface area contributed by atoms with E-state index in [1.807, 2.05) is 27.7 Å². The summed E-state index contributed by atoms with van der Waals surface area (Å²) in [6, 6.07) is 3.29. The number of carbonyl (C=O) groups is 4. The smallest absolute Gasteiger partial charge is 0.480 e. The van der Waals surface area contributed by atoms with Crippen LogP contribution in [0.15, 0.2) is 18.2 Å². The van der Waals surface area contributed by atoms with Gasteiger partial charge in [0.05, 0.1) is 0 Å². The molecule has 2 N–H and O–H groups in total. The second kappa shape index (κ2) is 15.4. The zero-order chi connectivity index (χ0) is 30.7. The second-order valence-electron chi connectivity index (χ2n) is 11.3. The zero-order valence-corrected chi connectivity index (χ0v) is 25.1. The molecule has 2 atom stereocenters. The average Bonchev–Trinajstić information content (AvgIpc) is 2.81. The van der Waals surface area contributed by atoms with E-state index in [1.54, 1.807) is 40.7 Å². The molecule has 1 aromatic carbocycles. The summed E-state index contributed by atoms with van der Waals surface area (Å²) in [6.07, 6.45) is -1.22. The van der Waals surface area contributed by atoms with Gasteiger partial charge in [-0.3, -0.25) is 9.59 Å². The first-order valence-corrected chi connectivity index (χ1v) is 13.6. The Bertz CT molecular complexity index is 1020. The van der Waals surface area contributed by atoms with Gasteiger partial charge in [0, 0.05) is 13.0 Å². The predicted molar refractivity (Wildman–Crippen MR) is 148 cm³/mol. The molecule has 0 aromatic heterocycles. The molecule has 1 aromatic rings. The molecule has 11 nitrogen and oxygen atoms in total. The molecule has 1 rings (SSSR count). The van der Waals surface area contributed by atoms with Gasteiger partial charge in [-0.1, -0.05) is 33.8 Å². The number of esters is 1. The van der Waals surface area contributed by atoms with Crippen molar-refractivity contribution in [2.45, 2.75) is 111 Å². The maximum absolute atomic E-state index is 12.5. The third-order valence-electron chi connectivity index (χ3n) is 6.11. The first-order chi connectivity index (χ1) is 18.5. The Balaban J connectivity index is 3.10. The highest BCUT2D eigenvalue weighted by Gasteiger charge is 2.27. The van der Waals surface area contributed by atoms with E-state index in [1.165, 1.54) is 12.1 Å². The summed E-state index contributed by atoms with van der Waals surface area (Å²) < 4.78 is 26.7. The van der Waals surface area contributed by atoms with Gasteiger partial charge < -0.3 is 34.1 Å². The molecule has 0 fully saturated rings. The monoisotopic (exact) mass is 567 g/mol. The van der Waals surface area contributed by atoms with Crippen molar-refractivity contribution in [3.05, 3.63) is 23.8 Å².